The molecule has 0 aliphatic rings. The molecule has 0 aliphatic carbocycles. The Balaban J connectivity index is 1.70. The first-order chi connectivity index (χ1) is 39.9. The van der Waals surface area contributed by atoms with Crippen molar-refractivity contribution in [2.75, 3.05) is 0 Å². The number of rotatable bonds is 2. The highest BCUT2D eigenvalue weighted by atomic mass is 14.4. The smallest absolute Gasteiger partial charge is 0.0422 e. The van der Waals surface area contributed by atoms with Gasteiger partial charge in [-0.15, -0.1) is 19.3 Å². The van der Waals surface area contributed by atoms with E-state index in [0.717, 1.165) is 60.5 Å². The highest BCUT2D eigenvalue weighted by Crippen LogP contribution is 2.57. The Morgan fingerprint density at radius 3 is 1.04 bits per heavy atom. The van der Waals surface area contributed by atoms with Gasteiger partial charge in [0.2, 0.25) is 0 Å². The minimum Gasteiger partial charge on any atom is -0.115 e. The molecule has 406 valence electrons. The highest BCUT2D eigenvalue weighted by molar-refractivity contribution is 6.32. The summed E-state index contributed by atoms with van der Waals surface area (Å²) in [4.78, 5) is 0. The third-order valence-electron chi connectivity index (χ3n) is 19.8. The Kier molecular flexibility index (Phi) is 15.5. The van der Waals surface area contributed by atoms with Crippen molar-refractivity contribution in [3.63, 3.8) is 0 Å². The first kappa shape index (κ1) is 58.8. The minimum absolute atomic E-state index is 0.685. The molecule has 9 rings (SSSR count). The predicted molar refractivity (Wildman–Crippen MR) is 365 cm³/mol. The molecule has 0 N–H and O–H groups in total. The highest BCUT2D eigenvalue weighted by Gasteiger charge is 2.33. The van der Waals surface area contributed by atoms with Gasteiger partial charge in [0.15, 0.2) is 0 Å². The van der Waals surface area contributed by atoms with E-state index in [9.17, 15) is 0 Å². The Bertz CT molecular complexity index is 5200. The average Bonchev–Trinajstić information content (AvgIpc) is 0.714. The summed E-state index contributed by atoms with van der Waals surface area (Å²) in [5, 5.41) is 14.1. The first-order valence-corrected chi connectivity index (χ1v) is 28.7. The second-order valence-corrected chi connectivity index (χ2v) is 23.2. The first-order valence-electron chi connectivity index (χ1n) is 28.7. The molecule has 0 unspecified atom stereocenters. The van der Waals surface area contributed by atoms with Crippen LogP contribution in [0.1, 0.15) is 146 Å². The van der Waals surface area contributed by atoms with Crippen molar-refractivity contribution >= 4 is 64.6 Å². The van der Waals surface area contributed by atoms with Crippen LogP contribution in [0.5, 0.6) is 0 Å². The zero-order chi connectivity index (χ0) is 61.4. The van der Waals surface area contributed by atoms with Gasteiger partial charge in [0.05, 0.1) is 0 Å². The second kappa shape index (κ2) is 22.1. The van der Waals surface area contributed by atoms with Crippen LogP contribution >= 0.6 is 0 Å². The van der Waals surface area contributed by atoms with E-state index in [-0.39, 0.29) is 0 Å². The quantitative estimate of drug-likeness (QED) is 0.0919. The second-order valence-electron chi connectivity index (χ2n) is 23.2. The molecule has 0 heteroatoms. The van der Waals surface area contributed by atoms with Crippen molar-refractivity contribution in [2.45, 2.75) is 152 Å². The summed E-state index contributed by atoms with van der Waals surface area (Å²) in [6.45, 7) is 50.3. The molecule has 0 aliphatic heterocycles. The fourth-order valence-electron chi connectivity index (χ4n) is 14.1. The Morgan fingerprint density at radius 1 is 0.226 bits per heavy atom. The number of hydrogen-bond acceptors (Lipinski definition) is 0. The number of aryl methyl sites for hydroxylation is 12. The van der Waals surface area contributed by atoms with Gasteiger partial charge in [-0.3, -0.25) is 0 Å². The van der Waals surface area contributed by atoms with Crippen LogP contribution in [0.4, 0.5) is 0 Å². The zero-order valence-corrected chi connectivity index (χ0v) is 53.3. The summed E-state index contributed by atoms with van der Waals surface area (Å²) in [6, 6.07) is 1.99. The molecule has 9 aromatic carbocycles. The van der Waals surface area contributed by atoms with Crippen molar-refractivity contribution in [3.8, 4) is 142 Å². The molecule has 0 nitrogen and oxygen atoms in total. The van der Waals surface area contributed by atoms with Gasteiger partial charge in [0.25, 0.3) is 0 Å². The Hall–Kier alpha value is -9.86. The molecule has 0 saturated heterocycles. The molecule has 0 heterocycles. The van der Waals surface area contributed by atoms with Gasteiger partial charge < -0.3 is 0 Å². The molecular formula is C84H70. The van der Waals surface area contributed by atoms with Crippen LogP contribution < -0.4 is 0 Å². The fourth-order valence-corrected chi connectivity index (χ4v) is 14.1. The SMILES string of the molecule is C#CC#CC#CC#CC#Cc1c(C)c2c(C)c(C)c(-c3c4c(C)c(C)c(C)c(C)c4c(-c4c(C)c5c(C)c(C)c(C)c(C)c5c5c(C)c(C)c(C)c(C)c45)c4c(C)c(C)c(C)c(C)c34)c(C#CC#CC)c2c2c(C#CC#C)cc(C#C)c(C)c12. The van der Waals surface area contributed by atoms with E-state index in [1.807, 2.05) is 13.0 Å². The lowest BCUT2D eigenvalue weighted by molar-refractivity contribution is 1.23. The third kappa shape index (κ3) is 8.51. The molecule has 0 saturated carbocycles. The zero-order valence-electron chi connectivity index (χ0n) is 53.3. The third-order valence-corrected chi connectivity index (χ3v) is 19.8. The van der Waals surface area contributed by atoms with Gasteiger partial charge in [-0.05, 0) is 411 Å². The van der Waals surface area contributed by atoms with Crippen molar-refractivity contribution in [3.05, 3.63) is 145 Å². The summed E-state index contributed by atoms with van der Waals surface area (Å²) >= 11 is 0. The van der Waals surface area contributed by atoms with Crippen LogP contribution in [-0.2, 0) is 0 Å². The maximum Gasteiger partial charge on any atom is 0.0422 e. The molecule has 0 bridgehead atoms. The fraction of sp³-hybridized carbons (Fsp3) is 0.262. The van der Waals surface area contributed by atoms with Crippen molar-refractivity contribution in [2.24, 2.45) is 0 Å². The summed E-state index contributed by atoms with van der Waals surface area (Å²) in [5.74, 6) is 50.6. The maximum absolute atomic E-state index is 6.39. The number of hydrogen-bond donors (Lipinski definition) is 0. The van der Waals surface area contributed by atoms with Crippen molar-refractivity contribution < 1.29 is 0 Å². The summed E-state index contributed by atoms with van der Waals surface area (Å²) in [5.41, 5.74) is 34.1. The van der Waals surface area contributed by atoms with Crippen LogP contribution in [0.3, 0.4) is 0 Å². The Labute approximate surface area is 501 Å². The maximum atomic E-state index is 6.39. The summed E-state index contributed by atoms with van der Waals surface area (Å²) in [6.07, 6.45) is 17.7. The van der Waals surface area contributed by atoms with Gasteiger partial charge in [-0.1, -0.05) is 29.6 Å². The lowest BCUT2D eigenvalue weighted by Crippen LogP contribution is -2.08. The number of terminal acetylenes is 3. The molecule has 0 radical (unpaired) electrons. The van der Waals surface area contributed by atoms with E-state index in [4.69, 9.17) is 19.3 Å². The number of fused-ring (bicyclic) bond motifs is 8. The van der Waals surface area contributed by atoms with E-state index in [1.165, 1.54) is 154 Å². The van der Waals surface area contributed by atoms with E-state index in [2.05, 4.69) is 246 Å². The molecule has 9 aromatic rings. The van der Waals surface area contributed by atoms with Crippen molar-refractivity contribution in [1.82, 2.24) is 0 Å². The van der Waals surface area contributed by atoms with Gasteiger partial charge in [0.1, 0.15) is 0 Å². The van der Waals surface area contributed by atoms with Gasteiger partial charge in [-0.2, -0.15) is 0 Å². The number of benzene rings is 9. The molecule has 0 spiro atoms. The van der Waals surface area contributed by atoms with E-state index < -0.39 is 0 Å². The van der Waals surface area contributed by atoms with Gasteiger partial charge >= 0.3 is 0 Å². The lowest BCUT2D eigenvalue weighted by Gasteiger charge is -2.31. The molecular weight excluding hydrogens is 1010 g/mol. The minimum atomic E-state index is 0.685. The Morgan fingerprint density at radius 2 is 0.583 bits per heavy atom. The van der Waals surface area contributed by atoms with E-state index in [1.54, 1.807) is 0 Å². The van der Waals surface area contributed by atoms with Crippen LogP contribution in [0.2, 0.25) is 0 Å². The molecule has 0 atom stereocenters. The monoisotopic (exact) mass is 1080 g/mol. The van der Waals surface area contributed by atoms with Gasteiger partial charge in [-0.25, -0.2) is 0 Å². The predicted octanol–water partition coefficient (Wildman–Crippen LogP) is 18.8. The molecule has 0 aromatic heterocycles. The molecule has 84 heavy (non-hydrogen) atoms. The summed E-state index contributed by atoms with van der Waals surface area (Å²) in [7, 11) is 0. The van der Waals surface area contributed by atoms with E-state index in [0.29, 0.717) is 11.1 Å². The van der Waals surface area contributed by atoms with Crippen LogP contribution in [0, 0.1) is 265 Å². The van der Waals surface area contributed by atoms with E-state index >= 15 is 0 Å². The standard InChI is InChI=1S/C84H70/c1-26-30-33-34-35-36-37-39-41-67-63(24)69-60(21)61(22)71(68(42-38-31-27-2)82(69)81-66(40-32-28-3)43-65(29-4)62(23)72(67)81)83-76-56(17)48(9)50(11)58(19)78(76)84(79-59(20)51(12)49(10)57(18)77(79)83)80-64(25)70-52(13)44(5)45(6)53(14)73(70)74-54(15)46(7)47(8)55(16)75(74)80/h1,3-4,43H,2,5-25H3. The lowest BCUT2D eigenvalue weighted by atomic mass is 9.72. The largest absolute Gasteiger partial charge is 0.115 e. The normalized spacial score (nSPS) is 10.5. The van der Waals surface area contributed by atoms with Crippen LogP contribution in [0.25, 0.3) is 86.9 Å². The van der Waals surface area contributed by atoms with Crippen LogP contribution in [-0.4, -0.2) is 0 Å². The van der Waals surface area contributed by atoms with Crippen LogP contribution in [0.15, 0.2) is 6.07 Å². The molecule has 0 amide bonds. The van der Waals surface area contributed by atoms with Crippen molar-refractivity contribution in [1.29, 1.82) is 0 Å². The topological polar surface area (TPSA) is 0 Å². The van der Waals surface area contributed by atoms with Gasteiger partial charge in [0, 0.05) is 44.0 Å². The average molecular weight is 1080 g/mol. The molecule has 0 fully saturated rings. The summed E-state index contributed by atoms with van der Waals surface area (Å²) < 4.78 is 0.